The van der Waals surface area contributed by atoms with Crippen molar-refractivity contribution in [1.82, 2.24) is 10.2 Å². The van der Waals surface area contributed by atoms with Crippen molar-refractivity contribution in [2.75, 3.05) is 5.32 Å². The Kier molecular flexibility index (Phi) is 3.22. The fourth-order valence-electron chi connectivity index (χ4n) is 3.07. The molecule has 106 valence electrons. The first-order valence-corrected chi connectivity index (χ1v) is 7.10. The number of aromatic nitrogens is 2. The molecular formula is C15H20N4O. The first-order chi connectivity index (χ1) is 9.57. The molecule has 0 aliphatic heterocycles. The molecule has 0 saturated heterocycles. The van der Waals surface area contributed by atoms with E-state index in [2.05, 4.69) is 22.4 Å². The van der Waals surface area contributed by atoms with E-state index in [1.807, 2.05) is 18.2 Å². The lowest BCUT2D eigenvalue weighted by atomic mass is 9.76. The molecule has 1 aliphatic rings. The Balaban J connectivity index is 1.77. The van der Waals surface area contributed by atoms with Crippen LogP contribution in [0.2, 0.25) is 0 Å². The van der Waals surface area contributed by atoms with Gasteiger partial charge in [0.2, 0.25) is 5.91 Å². The second-order valence-corrected chi connectivity index (χ2v) is 5.98. The van der Waals surface area contributed by atoms with E-state index in [1.54, 1.807) is 6.20 Å². The van der Waals surface area contributed by atoms with E-state index in [4.69, 9.17) is 5.73 Å². The molecule has 1 aliphatic carbocycles. The van der Waals surface area contributed by atoms with Crippen molar-refractivity contribution >= 4 is 22.5 Å². The van der Waals surface area contributed by atoms with Crippen LogP contribution in [0.3, 0.4) is 0 Å². The lowest BCUT2D eigenvalue weighted by Crippen LogP contribution is -2.53. The number of H-pyrrole nitrogens is 1. The first-order valence-electron chi connectivity index (χ1n) is 7.10. The topological polar surface area (TPSA) is 83.8 Å². The van der Waals surface area contributed by atoms with E-state index in [0.717, 1.165) is 42.3 Å². The number of anilines is 1. The molecule has 0 bridgehead atoms. The minimum Gasteiger partial charge on any atom is -0.324 e. The maximum Gasteiger partial charge on any atom is 0.244 e. The summed E-state index contributed by atoms with van der Waals surface area (Å²) < 4.78 is 0. The summed E-state index contributed by atoms with van der Waals surface area (Å²) >= 11 is 0. The van der Waals surface area contributed by atoms with Gasteiger partial charge >= 0.3 is 0 Å². The van der Waals surface area contributed by atoms with Gasteiger partial charge in [0.25, 0.3) is 0 Å². The highest BCUT2D eigenvalue weighted by Gasteiger charge is 2.37. The van der Waals surface area contributed by atoms with Crippen LogP contribution < -0.4 is 11.1 Å². The Labute approximate surface area is 117 Å². The van der Waals surface area contributed by atoms with Crippen molar-refractivity contribution in [3.63, 3.8) is 0 Å². The fraction of sp³-hybridized carbons (Fsp3) is 0.467. The Hall–Kier alpha value is -1.88. The van der Waals surface area contributed by atoms with Gasteiger partial charge in [-0.1, -0.05) is 19.8 Å². The number of carbonyl (C=O) groups is 1. The zero-order chi connectivity index (χ0) is 14.2. The fourth-order valence-corrected chi connectivity index (χ4v) is 3.07. The normalized spacial score (nSPS) is 26.6. The third-order valence-electron chi connectivity index (χ3n) is 4.18. The second-order valence-electron chi connectivity index (χ2n) is 5.98. The third kappa shape index (κ3) is 2.41. The van der Waals surface area contributed by atoms with Crippen molar-refractivity contribution in [3.05, 3.63) is 24.4 Å². The molecular weight excluding hydrogens is 252 g/mol. The number of benzene rings is 1. The summed E-state index contributed by atoms with van der Waals surface area (Å²) in [5.74, 6) is 0.428. The van der Waals surface area contributed by atoms with Gasteiger partial charge in [-0.2, -0.15) is 5.10 Å². The van der Waals surface area contributed by atoms with Crippen molar-refractivity contribution in [2.45, 2.75) is 38.1 Å². The predicted molar refractivity (Wildman–Crippen MR) is 79.3 cm³/mol. The van der Waals surface area contributed by atoms with E-state index < -0.39 is 5.54 Å². The number of nitrogens with one attached hydrogen (secondary N) is 2. The minimum atomic E-state index is -0.736. The number of aromatic amines is 1. The quantitative estimate of drug-likeness (QED) is 0.785. The summed E-state index contributed by atoms with van der Waals surface area (Å²) in [4.78, 5) is 12.4. The van der Waals surface area contributed by atoms with E-state index in [0.29, 0.717) is 5.92 Å². The standard InChI is InChI=1S/C15H20N4O/c1-10-3-2-6-15(16,8-10)14(20)18-12-5-4-11-9-17-19-13(11)7-12/h4-5,7,9-10H,2-3,6,8,16H2,1H3,(H,17,19)(H,18,20). The molecule has 2 unspecified atom stereocenters. The molecule has 1 aromatic carbocycles. The zero-order valence-electron chi connectivity index (χ0n) is 11.6. The first kappa shape index (κ1) is 13.1. The van der Waals surface area contributed by atoms with Crippen LogP contribution in [-0.4, -0.2) is 21.6 Å². The lowest BCUT2D eigenvalue weighted by Gasteiger charge is -2.35. The van der Waals surface area contributed by atoms with E-state index in [9.17, 15) is 4.79 Å². The van der Waals surface area contributed by atoms with E-state index in [-0.39, 0.29) is 5.91 Å². The predicted octanol–water partition coefficient (Wildman–Crippen LogP) is 2.41. The number of hydrogen-bond donors (Lipinski definition) is 3. The van der Waals surface area contributed by atoms with Gasteiger partial charge in [-0.05, 0) is 37.0 Å². The van der Waals surface area contributed by atoms with Gasteiger partial charge in [0.15, 0.2) is 0 Å². The second kappa shape index (κ2) is 4.90. The summed E-state index contributed by atoms with van der Waals surface area (Å²) in [6.07, 6.45) is 5.45. The molecule has 1 fully saturated rings. The maximum absolute atomic E-state index is 12.4. The smallest absolute Gasteiger partial charge is 0.244 e. The average molecular weight is 272 g/mol. The van der Waals surface area contributed by atoms with Crippen molar-refractivity contribution in [2.24, 2.45) is 11.7 Å². The van der Waals surface area contributed by atoms with Crippen LogP contribution in [0.1, 0.15) is 32.6 Å². The molecule has 1 aromatic heterocycles. The molecule has 20 heavy (non-hydrogen) atoms. The van der Waals surface area contributed by atoms with Gasteiger partial charge in [0.05, 0.1) is 17.3 Å². The van der Waals surface area contributed by atoms with Gasteiger partial charge in [-0.25, -0.2) is 0 Å². The zero-order valence-corrected chi connectivity index (χ0v) is 11.6. The largest absolute Gasteiger partial charge is 0.324 e. The molecule has 2 atom stereocenters. The number of amides is 1. The molecule has 5 nitrogen and oxygen atoms in total. The van der Waals surface area contributed by atoms with Gasteiger partial charge in [0, 0.05) is 11.1 Å². The summed E-state index contributed by atoms with van der Waals surface area (Å²) in [5, 5.41) is 10.8. The molecule has 2 aromatic rings. The van der Waals surface area contributed by atoms with Crippen LogP contribution >= 0.6 is 0 Å². The number of carbonyl (C=O) groups excluding carboxylic acids is 1. The van der Waals surface area contributed by atoms with Crippen LogP contribution in [0.5, 0.6) is 0 Å². The summed E-state index contributed by atoms with van der Waals surface area (Å²) in [7, 11) is 0. The van der Waals surface area contributed by atoms with Crippen LogP contribution in [0.25, 0.3) is 10.9 Å². The molecule has 4 N–H and O–H groups in total. The molecule has 1 heterocycles. The molecule has 0 spiro atoms. The Morgan fingerprint density at radius 2 is 2.40 bits per heavy atom. The summed E-state index contributed by atoms with van der Waals surface area (Å²) in [6, 6.07) is 5.70. The Bertz CT molecular complexity index is 636. The van der Waals surface area contributed by atoms with Crippen molar-refractivity contribution in [3.8, 4) is 0 Å². The number of rotatable bonds is 2. The van der Waals surface area contributed by atoms with E-state index in [1.165, 1.54) is 0 Å². The van der Waals surface area contributed by atoms with Crippen molar-refractivity contribution in [1.29, 1.82) is 0 Å². The maximum atomic E-state index is 12.4. The number of fused-ring (bicyclic) bond motifs is 1. The lowest BCUT2D eigenvalue weighted by molar-refractivity contribution is -0.122. The van der Waals surface area contributed by atoms with Gasteiger partial charge in [-0.15, -0.1) is 0 Å². The van der Waals surface area contributed by atoms with Gasteiger partial charge < -0.3 is 11.1 Å². The SMILES string of the molecule is CC1CCCC(N)(C(=O)Nc2ccc3cn[nH]c3c2)C1. The molecule has 5 heteroatoms. The monoisotopic (exact) mass is 272 g/mol. The highest BCUT2D eigenvalue weighted by Crippen LogP contribution is 2.31. The van der Waals surface area contributed by atoms with Crippen LogP contribution in [0.4, 0.5) is 5.69 Å². The Morgan fingerprint density at radius 3 is 3.20 bits per heavy atom. The highest BCUT2D eigenvalue weighted by molar-refractivity contribution is 5.99. The minimum absolute atomic E-state index is 0.0806. The van der Waals surface area contributed by atoms with Crippen LogP contribution in [0.15, 0.2) is 24.4 Å². The molecule has 1 saturated carbocycles. The molecule has 0 radical (unpaired) electrons. The molecule has 3 rings (SSSR count). The van der Waals surface area contributed by atoms with E-state index >= 15 is 0 Å². The average Bonchev–Trinajstić information content (AvgIpc) is 2.85. The van der Waals surface area contributed by atoms with Crippen molar-refractivity contribution < 1.29 is 4.79 Å². The number of hydrogen-bond acceptors (Lipinski definition) is 3. The summed E-state index contributed by atoms with van der Waals surface area (Å²) in [6.45, 7) is 2.16. The van der Waals surface area contributed by atoms with Gasteiger partial charge in [0.1, 0.15) is 0 Å². The number of nitrogens with zero attached hydrogens (tertiary/aromatic N) is 1. The van der Waals surface area contributed by atoms with Crippen LogP contribution in [0, 0.1) is 5.92 Å². The molecule has 1 amide bonds. The third-order valence-corrected chi connectivity index (χ3v) is 4.18. The highest BCUT2D eigenvalue weighted by atomic mass is 16.2. The Morgan fingerprint density at radius 1 is 1.55 bits per heavy atom. The van der Waals surface area contributed by atoms with Crippen LogP contribution in [-0.2, 0) is 4.79 Å². The number of nitrogens with two attached hydrogens (primary N) is 1. The van der Waals surface area contributed by atoms with Gasteiger partial charge in [-0.3, -0.25) is 9.89 Å². The summed E-state index contributed by atoms with van der Waals surface area (Å²) in [5.41, 5.74) is 7.23.